The van der Waals surface area contributed by atoms with Gasteiger partial charge in [-0.25, -0.2) is 9.18 Å². The molecule has 0 unspecified atom stereocenters. The van der Waals surface area contributed by atoms with Crippen molar-refractivity contribution in [2.45, 2.75) is 25.3 Å². The Hall–Kier alpha value is -2.17. The van der Waals surface area contributed by atoms with Gasteiger partial charge in [0, 0.05) is 5.56 Å². The summed E-state index contributed by atoms with van der Waals surface area (Å²) >= 11 is 0. The third kappa shape index (κ3) is 4.91. The molecule has 0 radical (unpaired) electrons. The van der Waals surface area contributed by atoms with Gasteiger partial charge in [0.25, 0.3) is 5.91 Å². The van der Waals surface area contributed by atoms with E-state index in [1.54, 1.807) is 6.08 Å². The molecule has 1 amide bonds. The van der Waals surface area contributed by atoms with Crippen LogP contribution >= 0.6 is 0 Å². The van der Waals surface area contributed by atoms with E-state index in [2.05, 4.69) is 11.9 Å². The van der Waals surface area contributed by atoms with Crippen LogP contribution in [0.4, 0.5) is 4.39 Å². The summed E-state index contributed by atoms with van der Waals surface area (Å²) in [5.74, 6) is -2.05. The molecule has 5 heteroatoms. The maximum absolute atomic E-state index is 12.7. The summed E-state index contributed by atoms with van der Waals surface area (Å²) in [5.41, 5.74) is 0.233. The number of allylic oxidation sites excluding steroid dienone is 1. The predicted molar refractivity (Wildman–Crippen MR) is 69.3 cm³/mol. The average molecular weight is 265 g/mol. The number of aliphatic carboxylic acids is 1. The van der Waals surface area contributed by atoms with Gasteiger partial charge in [-0.05, 0) is 43.5 Å². The molecule has 1 atom stereocenters. The molecule has 102 valence electrons. The highest BCUT2D eigenvalue weighted by molar-refractivity contribution is 5.96. The molecule has 0 fully saturated rings. The van der Waals surface area contributed by atoms with E-state index < -0.39 is 23.7 Å². The molecule has 0 bridgehead atoms. The molecule has 1 aromatic rings. The Balaban J connectivity index is 2.62. The molecule has 1 aromatic carbocycles. The summed E-state index contributed by atoms with van der Waals surface area (Å²) < 4.78 is 12.7. The zero-order valence-electron chi connectivity index (χ0n) is 10.4. The Kier molecular flexibility index (Phi) is 5.73. The Morgan fingerprint density at radius 2 is 2.00 bits per heavy atom. The molecule has 19 heavy (non-hydrogen) atoms. The van der Waals surface area contributed by atoms with Crippen LogP contribution in [0.2, 0.25) is 0 Å². The predicted octanol–water partition coefficient (Wildman–Crippen LogP) is 2.37. The van der Waals surface area contributed by atoms with Gasteiger partial charge in [-0.15, -0.1) is 6.58 Å². The van der Waals surface area contributed by atoms with Gasteiger partial charge in [0.2, 0.25) is 0 Å². The first kappa shape index (κ1) is 14.9. The maximum atomic E-state index is 12.7. The molecule has 0 heterocycles. The average Bonchev–Trinajstić information content (AvgIpc) is 2.38. The smallest absolute Gasteiger partial charge is 0.326 e. The van der Waals surface area contributed by atoms with Crippen molar-refractivity contribution in [3.05, 3.63) is 48.3 Å². The number of amides is 1. The van der Waals surface area contributed by atoms with Crippen LogP contribution in [0.15, 0.2) is 36.9 Å². The minimum atomic E-state index is -1.08. The maximum Gasteiger partial charge on any atom is 0.326 e. The SMILES string of the molecule is C=CCCC[C@H](NC(=O)c1ccc(F)cc1)C(=O)O. The molecule has 0 aromatic heterocycles. The first-order valence-electron chi connectivity index (χ1n) is 5.94. The topological polar surface area (TPSA) is 66.4 Å². The molecular formula is C14H16FNO3. The second-order valence-corrected chi connectivity index (χ2v) is 4.09. The van der Waals surface area contributed by atoms with E-state index in [1.807, 2.05) is 0 Å². The molecule has 0 aliphatic carbocycles. The number of rotatable bonds is 7. The third-order valence-corrected chi connectivity index (χ3v) is 2.61. The van der Waals surface area contributed by atoms with Gasteiger partial charge in [-0.1, -0.05) is 6.08 Å². The summed E-state index contributed by atoms with van der Waals surface area (Å²) in [5, 5.41) is 11.4. The molecule has 0 aliphatic heterocycles. The second kappa shape index (κ2) is 7.31. The van der Waals surface area contributed by atoms with E-state index in [-0.39, 0.29) is 5.56 Å². The number of hydrogen-bond acceptors (Lipinski definition) is 2. The van der Waals surface area contributed by atoms with E-state index in [1.165, 1.54) is 12.1 Å². The zero-order chi connectivity index (χ0) is 14.3. The van der Waals surface area contributed by atoms with Gasteiger partial charge in [-0.3, -0.25) is 4.79 Å². The van der Waals surface area contributed by atoms with Crippen molar-refractivity contribution in [1.29, 1.82) is 0 Å². The number of carbonyl (C=O) groups is 2. The molecule has 1 rings (SSSR count). The summed E-state index contributed by atoms with van der Waals surface area (Å²) in [6.45, 7) is 3.55. The number of unbranched alkanes of at least 4 members (excludes halogenated alkanes) is 1. The summed E-state index contributed by atoms with van der Waals surface area (Å²) in [6.07, 6.45) is 3.34. The lowest BCUT2D eigenvalue weighted by Gasteiger charge is -2.14. The highest BCUT2D eigenvalue weighted by Gasteiger charge is 2.19. The number of carboxylic acid groups (broad SMARTS) is 1. The van der Waals surface area contributed by atoms with Gasteiger partial charge in [0.15, 0.2) is 0 Å². The summed E-state index contributed by atoms with van der Waals surface area (Å²) in [4.78, 5) is 22.8. The van der Waals surface area contributed by atoms with Crippen LogP contribution in [0.1, 0.15) is 29.6 Å². The van der Waals surface area contributed by atoms with Crippen LogP contribution in [0.3, 0.4) is 0 Å². The lowest BCUT2D eigenvalue weighted by Crippen LogP contribution is -2.40. The summed E-state index contributed by atoms with van der Waals surface area (Å²) in [6, 6.07) is 3.99. The normalized spacial score (nSPS) is 11.6. The van der Waals surface area contributed by atoms with E-state index in [0.717, 1.165) is 12.1 Å². The van der Waals surface area contributed by atoms with E-state index in [4.69, 9.17) is 5.11 Å². The number of carboxylic acids is 1. The van der Waals surface area contributed by atoms with Gasteiger partial charge < -0.3 is 10.4 Å². The highest BCUT2D eigenvalue weighted by Crippen LogP contribution is 2.06. The molecule has 0 saturated heterocycles. The molecular weight excluding hydrogens is 249 g/mol. The van der Waals surface area contributed by atoms with Crippen LogP contribution in [0.5, 0.6) is 0 Å². The van der Waals surface area contributed by atoms with Gasteiger partial charge in [0.1, 0.15) is 11.9 Å². The monoisotopic (exact) mass is 265 g/mol. The standard InChI is InChI=1S/C14H16FNO3/c1-2-3-4-5-12(14(18)19)16-13(17)10-6-8-11(15)9-7-10/h2,6-9,12H,1,3-5H2,(H,16,17)(H,18,19)/t12-/m0/s1. The van der Waals surface area contributed by atoms with Crippen molar-refractivity contribution in [3.8, 4) is 0 Å². The fourth-order valence-electron chi connectivity index (χ4n) is 1.57. The first-order chi connectivity index (χ1) is 9.04. The quantitative estimate of drug-likeness (QED) is 0.587. The third-order valence-electron chi connectivity index (χ3n) is 2.61. The highest BCUT2D eigenvalue weighted by atomic mass is 19.1. The number of benzene rings is 1. The van der Waals surface area contributed by atoms with E-state index in [9.17, 15) is 14.0 Å². The number of hydrogen-bond donors (Lipinski definition) is 2. The van der Waals surface area contributed by atoms with Crippen LogP contribution in [0, 0.1) is 5.82 Å². The first-order valence-corrected chi connectivity index (χ1v) is 5.94. The van der Waals surface area contributed by atoms with Crippen molar-refractivity contribution < 1.29 is 19.1 Å². The Morgan fingerprint density at radius 3 is 2.53 bits per heavy atom. The minimum absolute atomic E-state index is 0.233. The molecule has 4 nitrogen and oxygen atoms in total. The lowest BCUT2D eigenvalue weighted by molar-refractivity contribution is -0.139. The van der Waals surface area contributed by atoms with Crippen molar-refractivity contribution in [1.82, 2.24) is 5.32 Å². The molecule has 2 N–H and O–H groups in total. The van der Waals surface area contributed by atoms with Crippen molar-refractivity contribution in [2.24, 2.45) is 0 Å². The Bertz CT molecular complexity index is 456. The molecule has 0 saturated carbocycles. The van der Waals surface area contributed by atoms with Gasteiger partial charge in [0.05, 0.1) is 0 Å². The summed E-state index contributed by atoms with van der Waals surface area (Å²) in [7, 11) is 0. The van der Waals surface area contributed by atoms with Gasteiger partial charge >= 0.3 is 5.97 Å². The van der Waals surface area contributed by atoms with Crippen LogP contribution in [-0.4, -0.2) is 23.0 Å². The number of halogens is 1. The lowest BCUT2D eigenvalue weighted by atomic mass is 10.1. The largest absolute Gasteiger partial charge is 0.480 e. The van der Waals surface area contributed by atoms with Crippen molar-refractivity contribution in [2.75, 3.05) is 0 Å². The van der Waals surface area contributed by atoms with E-state index >= 15 is 0 Å². The zero-order valence-corrected chi connectivity index (χ0v) is 10.4. The Labute approximate surface area is 110 Å². The fourth-order valence-corrected chi connectivity index (χ4v) is 1.57. The van der Waals surface area contributed by atoms with Crippen molar-refractivity contribution >= 4 is 11.9 Å². The van der Waals surface area contributed by atoms with Crippen LogP contribution in [-0.2, 0) is 4.79 Å². The van der Waals surface area contributed by atoms with Gasteiger partial charge in [-0.2, -0.15) is 0 Å². The molecule has 0 aliphatic rings. The minimum Gasteiger partial charge on any atom is -0.480 e. The number of carbonyl (C=O) groups excluding carboxylic acids is 1. The second-order valence-electron chi connectivity index (χ2n) is 4.09. The Morgan fingerprint density at radius 1 is 1.37 bits per heavy atom. The number of nitrogens with one attached hydrogen (secondary N) is 1. The van der Waals surface area contributed by atoms with Crippen LogP contribution in [0.25, 0.3) is 0 Å². The van der Waals surface area contributed by atoms with Crippen molar-refractivity contribution in [3.63, 3.8) is 0 Å². The van der Waals surface area contributed by atoms with E-state index in [0.29, 0.717) is 19.3 Å². The molecule has 0 spiro atoms. The fraction of sp³-hybridized carbons (Fsp3) is 0.286. The van der Waals surface area contributed by atoms with Crippen LogP contribution < -0.4 is 5.32 Å².